The molecule has 0 aliphatic heterocycles. The van der Waals surface area contributed by atoms with Crippen molar-refractivity contribution in [3.05, 3.63) is 120 Å². The van der Waals surface area contributed by atoms with E-state index in [0.29, 0.717) is 5.66 Å². The summed E-state index contributed by atoms with van der Waals surface area (Å²) in [7, 11) is -0.475. The fourth-order valence-corrected chi connectivity index (χ4v) is 6.50. The van der Waals surface area contributed by atoms with Crippen molar-refractivity contribution in [2.45, 2.75) is 18.5 Å². The Morgan fingerprint density at radius 3 is 1.73 bits per heavy atom. The first-order valence-corrected chi connectivity index (χ1v) is 10.6. The molecule has 1 atom stereocenters. The molecule has 0 N–H and O–H groups in total. The average molecular weight is 354 g/mol. The smallest absolute Gasteiger partial charge is 0.0159 e. The summed E-state index contributed by atoms with van der Waals surface area (Å²) < 4.78 is 0. The number of rotatable bonds is 6. The summed E-state index contributed by atoms with van der Waals surface area (Å²) in [4.78, 5) is 0. The molecule has 128 valence electrons. The molecule has 0 unspecified atom stereocenters. The van der Waals surface area contributed by atoms with Crippen LogP contribution in [0, 0.1) is 0 Å². The Morgan fingerprint density at radius 2 is 1.23 bits per heavy atom. The van der Waals surface area contributed by atoms with E-state index in [-0.39, 0.29) is 0 Å². The lowest BCUT2D eigenvalue weighted by atomic mass is 10.0. The Morgan fingerprint density at radius 1 is 0.692 bits per heavy atom. The van der Waals surface area contributed by atoms with Crippen molar-refractivity contribution >= 4 is 18.5 Å². The van der Waals surface area contributed by atoms with E-state index in [1.165, 1.54) is 16.2 Å². The largest absolute Gasteiger partial charge is 0.0805 e. The maximum absolute atomic E-state index is 2.30. The van der Waals surface area contributed by atoms with Gasteiger partial charge in [0, 0.05) is 5.66 Å². The Labute approximate surface area is 157 Å². The second-order valence-corrected chi connectivity index (χ2v) is 9.03. The molecule has 0 bridgehead atoms. The van der Waals surface area contributed by atoms with Crippen LogP contribution in [0.3, 0.4) is 0 Å². The Kier molecular flexibility index (Phi) is 5.43. The van der Waals surface area contributed by atoms with Crippen LogP contribution < -0.4 is 10.6 Å². The van der Waals surface area contributed by atoms with Crippen molar-refractivity contribution in [1.82, 2.24) is 0 Å². The highest BCUT2D eigenvalue weighted by atomic mass is 31.1. The molecule has 3 aromatic carbocycles. The average Bonchev–Trinajstić information content (AvgIpc) is 3.23. The highest BCUT2D eigenvalue weighted by Crippen LogP contribution is 2.53. The van der Waals surface area contributed by atoms with Gasteiger partial charge in [-0.15, -0.1) is 0 Å². The van der Waals surface area contributed by atoms with Crippen LogP contribution in [0.1, 0.15) is 24.1 Å². The lowest BCUT2D eigenvalue weighted by molar-refractivity contribution is 0.889. The van der Waals surface area contributed by atoms with Crippen LogP contribution >= 0.6 is 7.92 Å². The van der Waals surface area contributed by atoms with E-state index in [0.717, 1.165) is 12.8 Å². The highest BCUT2D eigenvalue weighted by Gasteiger charge is 2.27. The number of hydrogen-bond acceptors (Lipinski definition) is 0. The van der Waals surface area contributed by atoms with Crippen molar-refractivity contribution in [2.24, 2.45) is 0 Å². The second kappa shape index (κ2) is 8.30. The van der Waals surface area contributed by atoms with Gasteiger partial charge in [0.1, 0.15) is 0 Å². The van der Waals surface area contributed by atoms with Gasteiger partial charge in [-0.1, -0.05) is 115 Å². The zero-order chi connectivity index (χ0) is 17.6. The van der Waals surface area contributed by atoms with E-state index in [4.69, 9.17) is 0 Å². The summed E-state index contributed by atoms with van der Waals surface area (Å²) in [5.74, 6) is 0. The van der Waals surface area contributed by atoms with E-state index in [9.17, 15) is 0 Å². The van der Waals surface area contributed by atoms with Crippen molar-refractivity contribution < 1.29 is 0 Å². The molecule has 0 radical (unpaired) electrons. The minimum atomic E-state index is -0.475. The zero-order valence-electron chi connectivity index (χ0n) is 14.8. The molecule has 4 rings (SSSR count). The number of hydrogen-bond donors (Lipinski definition) is 0. The maximum atomic E-state index is 2.30. The van der Waals surface area contributed by atoms with Gasteiger partial charge in [0.2, 0.25) is 0 Å². The minimum Gasteiger partial charge on any atom is -0.0805 e. The van der Waals surface area contributed by atoms with Crippen LogP contribution in [-0.2, 0) is 0 Å². The molecule has 3 aromatic rings. The van der Waals surface area contributed by atoms with Gasteiger partial charge < -0.3 is 0 Å². The van der Waals surface area contributed by atoms with Crippen LogP contribution in [0.15, 0.2) is 115 Å². The first-order chi connectivity index (χ1) is 12.9. The number of allylic oxidation sites excluding steroid dienone is 4. The van der Waals surface area contributed by atoms with Gasteiger partial charge in [0.05, 0.1) is 0 Å². The van der Waals surface area contributed by atoms with E-state index < -0.39 is 7.92 Å². The van der Waals surface area contributed by atoms with Gasteiger partial charge >= 0.3 is 0 Å². The van der Waals surface area contributed by atoms with Crippen LogP contribution in [0.2, 0.25) is 0 Å². The van der Waals surface area contributed by atoms with Gasteiger partial charge in [-0.05, 0) is 36.9 Å². The Hall–Kier alpha value is -2.43. The number of benzene rings is 3. The fourth-order valence-electron chi connectivity index (χ4n) is 3.61. The van der Waals surface area contributed by atoms with E-state index in [1.807, 2.05) is 0 Å². The van der Waals surface area contributed by atoms with Gasteiger partial charge in [0.25, 0.3) is 0 Å². The van der Waals surface area contributed by atoms with Crippen LogP contribution in [0.25, 0.3) is 0 Å². The summed E-state index contributed by atoms with van der Waals surface area (Å²) in [5, 5.41) is 2.91. The van der Waals surface area contributed by atoms with Gasteiger partial charge in [-0.25, -0.2) is 0 Å². The third-order valence-electron chi connectivity index (χ3n) is 4.87. The summed E-state index contributed by atoms with van der Waals surface area (Å²) in [6, 6.07) is 33.2. The molecule has 0 nitrogen and oxygen atoms in total. The molecular weight excluding hydrogens is 331 g/mol. The summed E-state index contributed by atoms with van der Waals surface area (Å²) in [6.07, 6.45) is 8.98. The Bertz CT molecular complexity index is 840. The van der Waals surface area contributed by atoms with Crippen molar-refractivity contribution in [2.75, 3.05) is 0 Å². The van der Waals surface area contributed by atoms with Crippen LogP contribution in [-0.4, -0.2) is 0 Å². The molecule has 1 aliphatic rings. The molecule has 0 amide bonds. The maximum Gasteiger partial charge on any atom is 0.0159 e. The van der Waals surface area contributed by atoms with Crippen molar-refractivity contribution in [3.63, 3.8) is 0 Å². The standard InChI is InChI=1S/C25H23P/c1-4-14-22(15-5-1)25(20-21-12-10-11-13-21)26(23-16-6-2-7-17-23)24-18-8-3-9-19-24/h1-12,14-19,25H,13,20H2/t25-/m1/s1. The third kappa shape index (κ3) is 3.87. The Balaban J connectivity index is 1.80. The quantitative estimate of drug-likeness (QED) is 0.467. The first-order valence-electron chi connectivity index (χ1n) is 9.21. The predicted octanol–water partition coefficient (Wildman–Crippen LogP) is 6.14. The van der Waals surface area contributed by atoms with Gasteiger partial charge in [0.15, 0.2) is 0 Å². The monoisotopic (exact) mass is 354 g/mol. The van der Waals surface area contributed by atoms with Gasteiger partial charge in [-0.2, -0.15) is 0 Å². The minimum absolute atomic E-state index is 0.475. The molecule has 0 saturated carbocycles. The van der Waals surface area contributed by atoms with Gasteiger partial charge in [-0.3, -0.25) is 0 Å². The molecular formula is C25H23P. The molecule has 0 saturated heterocycles. The van der Waals surface area contributed by atoms with E-state index >= 15 is 0 Å². The SMILES string of the molecule is C1=CCC(C[C@H](c2ccccc2)P(c2ccccc2)c2ccccc2)=C1. The van der Waals surface area contributed by atoms with Crippen LogP contribution in [0.5, 0.6) is 0 Å². The second-order valence-electron chi connectivity index (χ2n) is 6.63. The fraction of sp³-hybridized carbons (Fsp3) is 0.120. The molecule has 26 heavy (non-hydrogen) atoms. The topological polar surface area (TPSA) is 0 Å². The molecule has 0 fully saturated rings. The predicted molar refractivity (Wildman–Crippen MR) is 115 cm³/mol. The first kappa shape index (κ1) is 17.0. The highest BCUT2D eigenvalue weighted by molar-refractivity contribution is 7.73. The van der Waals surface area contributed by atoms with Crippen molar-refractivity contribution in [1.29, 1.82) is 0 Å². The third-order valence-corrected chi connectivity index (χ3v) is 7.68. The molecule has 1 aliphatic carbocycles. The molecule has 0 heterocycles. The summed E-state index contributed by atoms with van der Waals surface area (Å²) in [6.45, 7) is 0. The van der Waals surface area contributed by atoms with E-state index in [2.05, 4.69) is 109 Å². The zero-order valence-corrected chi connectivity index (χ0v) is 15.7. The lowest BCUT2D eigenvalue weighted by Gasteiger charge is -2.30. The normalized spacial score (nSPS) is 14.4. The molecule has 0 aromatic heterocycles. The molecule has 1 heteroatoms. The van der Waals surface area contributed by atoms with E-state index in [1.54, 1.807) is 5.57 Å². The van der Waals surface area contributed by atoms with Crippen molar-refractivity contribution in [3.8, 4) is 0 Å². The van der Waals surface area contributed by atoms with Crippen LogP contribution in [0.4, 0.5) is 0 Å². The summed E-state index contributed by atoms with van der Waals surface area (Å²) >= 11 is 0. The summed E-state index contributed by atoms with van der Waals surface area (Å²) in [5.41, 5.74) is 3.47. The lowest BCUT2D eigenvalue weighted by Crippen LogP contribution is -2.17. The molecule has 0 spiro atoms.